The Morgan fingerprint density at radius 1 is 0.897 bits per heavy atom. The number of hydrogen-bond acceptors (Lipinski definition) is 8. The Morgan fingerprint density at radius 3 is 1.97 bits per heavy atom. The number of phenolic OH excluding ortho intramolecular Hbond substituents is 1. The number of benzene rings is 1. The summed E-state index contributed by atoms with van der Waals surface area (Å²) in [5.74, 6) is -5.95. The molecule has 0 aliphatic heterocycles. The van der Waals surface area contributed by atoms with E-state index in [-0.39, 0.29) is 31.1 Å². The van der Waals surface area contributed by atoms with Gasteiger partial charge in [-0.25, -0.2) is 4.79 Å². The van der Waals surface area contributed by atoms with E-state index in [1.807, 2.05) is 0 Å². The molecule has 15 nitrogen and oxygen atoms in total. The number of aliphatic imine (C=N–C) groups is 1. The van der Waals surface area contributed by atoms with Crippen LogP contribution in [-0.4, -0.2) is 81.7 Å². The van der Waals surface area contributed by atoms with Crippen molar-refractivity contribution in [1.29, 1.82) is 0 Å². The van der Waals surface area contributed by atoms with Gasteiger partial charge in [-0.05, 0) is 36.5 Å². The molecule has 0 saturated heterocycles. The summed E-state index contributed by atoms with van der Waals surface area (Å²) < 4.78 is 0. The minimum atomic E-state index is -1.59. The third-order valence-electron chi connectivity index (χ3n) is 5.56. The first-order valence-electron chi connectivity index (χ1n) is 12.2. The van der Waals surface area contributed by atoms with E-state index < -0.39 is 66.2 Å². The molecule has 15 heteroatoms. The van der Waals surface area contributed by atoms with E-state index in [2.05, 4.69) is 20.9 Å². The molecule has 0 spiro atoms. The fraction of sp³-hybridized carbons (Fsp3) is 0.500. The van der Waals surface area contributed by atoms with Gasteiger partial charge < -0.3 is 48.5 Å². The molecule has 0 aliphatic rings. The molecule has 1 aromatic carbocycles. The summed E-state index contributed by atoms with van der Waals surface area (Å²) >= 11 is 0. The third kappa shape index (κ3) is 12.1. The van der Waals surface area contributed by atoms with Crippen LogP contribution in [0, 0.1) is 5.92 Å². The van der Waals surface area contributed by atoms with E-state index in [1.54, 1.807) is 13.8 Å². The van der Waals surface area contributed by atoms with Crippen LogP contribution in [0.15, 0.2) is 29.3 Å². The summed E-state index contributed by atoms with van der Waals surface area (Å²) in [6, 6.07) is 0.432. The molecule has 39 heavy (non-hydrogen) atoms. The maximum absolute atomic E-state index is 13.1. The van der Waals surface area contributed by atoms with E-state index in [1.165, 1.54) is 24.3 Å². The average molecular weight is 552 g/mol. The van der Waals surface area contributed by atoms with Crippen LogP contribution in [-0.2, 0) is 30.4 Å². The second-order valence-corrected chi connectivity index (χ2v) is 9.21. The molecule has 4 atom stereocenters. The van der Waals surface area contributed by atoms with Crippen molar-refractivity contribution in [3.8, 4) is 5.75 Å². The summed E-state index contributed by atoms with van der Waals surface area (Å²) in [5.41, 5.74) is 16.8. The second-order valence-electron chi connectivity index (χ2n) is 9.21. The quantitative estimate of drug-likeness (QED) is 0.0614. The standard InChI is InChI=1S/C24H37N7O8/c1-12(2)19(23(38)39)31-22(37)16(10-13-5-7-14(32)8-6-13)30-21(36)17(11-18(33)34)29-20(35)15(25)4-3-9-28-24(26)27/h5-8,12,15-17,19,32H,3-4,9-11,25H2,1-2H3,(H,29,35)(H,30,36)(H,31,37)(H,33,34)(H,38,39)(H4,26,27,28). The normalized spacial score (nSPS) is 13.8. The summed E-state index contributed by atoms with van der Waals surface area (Å²) in [6.45, 7) is 3.39. The predicted octanol–water partition coefficient (Wildman–Crippen LogP) is -2.01. The van der Waals surface area contributed by atoms with Crippen molar-refractivity contribution < 1.29 is 39.3 Å². The van der Waals surface area contributed by atoms with Gasteiger partial charge in [-0.2, -0.15) is 0 Å². The Morgan fingerprint density at radius 2 is 1.46 bits per heavy atom. The van der Waals surface area contributed by atoms with Gasteiger partial charge in [0.2, 0.25) is 17.7 Å². The zero-order valence-electron chi connectivity index (χ0n) is 21.8. The van der Waals surface area contributed by atoms with Gasteiger partial charge in [0.15, 0.2) is 5.96 Å². The molecule has 12 N–H and O–H groups in total. The number of rotatable bonds is 16. The van der Waals surface area contributed by atoms with E-state index in [0.717, 1.165) is 0 Å². The molecule has 0 saturated carbocycles. The lowest BCUT2D eigenvalue weighted by Crippen LogP contribution is -2.58. The lowest BCUT2D eigenvalue weighted by atomic mass is 10.0. The number of nitrogens with zero attached hydrogens (tertiary/aromatic N) is 1. The van der Waals surface area contributed by atoms with E-state index in [4.69, 9.17) is 17.2 Å². The number of amides is 3. The van der Waals surface area contributed by atoms with Gasteiger partial charge in [-0.1, -0.05) is 26.0 Å². The van der Waals surface area contributed by atoms with Crippen LogP contribution in [0.4, 0.5) is 0 Å². The highest BCUT2D eigenvalue weighted by atomic mass is 16.4. The first-order valence-corrected chi connectivity index (χ1v) is 12.2. The van der Waals surface area contributed by atoms with E-state index >= 15 is 0 Å². The third-order valence-corrected chi connectivity index (χ3v) is 5.56. The Balaban J connectivity index is 3.08. The molecule has 1 rings (SSSR count). The lowest BCUT2D eigenvalue weighted by molar-refractivity contribution is -0.144. The molecule has 1 aromatic rings. The molecular weight excluding hydrogens is 514 g/mol. The number of nitrogens with one attached hydrogen (secondary N) is 3. The monoisotopic (exact) mass is 551 g/mol. The highest BCUT2D eigenvalue weighted by Gasteiger charge is 2.32. The van der Waals surface area contributed by atoms with Gasteiger partial charge in [0, 0.05) is 13.0 Å². The van der Waals surface area contributed by atoms with Gasteiger partial charge in [0.25, 0.3) is 0 Å². The van der Waals surface area contributed by atoms with Gasteiger partial charge in [-0.3, -0.25) is 24.2 Å². The molecule has 0 aliphatic carbocycles. The number of carboxylic acids is 2. The van der Waals surface area contributed by atoms with Crippen molar-refractivity contribution in [3.63, 3.8) is 0 Å². The second kappa shape index (κ2) is 15.8. The molecule has 0 aromatic heterocycles. The topological polar surface area (TPSA) is 273 Å². The fourth-order valence-electron chi connectivity index (χ4n) is 3.43. The highest BCUT2D eigenvalue weighted by Crippen LogP contribution is 2.12. The molecule has 0 bridgehead atoms. The number of aromatic hydroxyl groups is 1. The number of aliphatic carboxylic acids is 2. The van der Waals surface area contributed by atoms with Crippen molar-refractivity contribution >= 4 is 35.6 Å². The number of carbonyl (C=O) groups is 5. The first kappa shape index (κ1) is 32.6. The number of nitrogens with two attached hydrogens (primary N) is 3. The minimum absolute atomic E-state index is 0.0339. The molecule has 3 amide bonds. The molecule has 0 fully saturated rings. The summed E-state index contributed by atoms with van der Waals surface area (Å²) in [4.78, 5) is 65.4. The van der Waals surface area contributed by atoms with Crippen molar-refractivity contribution in [2.24, 2.45) is 28.1 Å². The van der Waals surface area contributed by atoms with E-state index in [0.29, 0.717) is 12.0 Å². The zero-order valence-corrected chi connectivity index (χ0v) is 21.8. The average Bonchev–Trinajstić information content (AvgIpc) is 2.84. The molecule has 0 heterocycles. The number of hydrogen-bond donors (Lipinski definition) is 9. The van der Waals surface area contributed by atoms with E-state index in [9.17, 15) is 39.3 Å². The number of carboxylic acid groups (broad SMARTS) is 2. The van der Waals surface area contributed by atoms with Crippen molar-refractivity contribution in [2.75, 3.05) is 6.54 Å². The Bertz CT molecular complexity index is 1040. The molecular formula is C24H37N7O8. The smallest absolute Gasteiger partial charge is 0.326 e. The summed E-state index contributed by atoms with van der Waals surface area (Å²) in [5, 5.41) is 35.3. The van der Waals surface area contributed by atoms with Gasteiger partial charge in [0.05, 0.1) is 12.5 Å². The van der Waals surface area contributed by atoms with Crippen LogP contribution < -0.4 is 33.2 Å². The SMILES string of the molecule is CC(C)C(NC(=O)C(Cc1ccc(O)cc1)NC(=O)C(CC(=O)O)NC(=O)C(N)CCCN=C(N)N)C(=O)O. The summed E-state index contributed by atoms with van der Waals surface area (Å²) in [7, 11) is 0. The van der Waals surface area contributed by atoms with Gasteiger partial charge in [0.1, 0.15) is 23.9 Å². The molecule has 4 unspecified atom stereocenters. The number of guanidine groups is 1. The van der Waals surface area contributed by atoms with Crippen molar-refractivity contribution in [2.45, 2.75) is 63.7 Å². The maximum Gasteiger partial charge on any atom is 0.326 e. The Kier molecular flexibility index (Phi) is 13.2. The van der Waals surface area contributed by atoms with Gasteiger partial charge in [-0.15, -0.1) is 0 Å². The Hall–Kier alpha value is -4.40. The number of phenols is 1. The van der Waals surface area contributed by atoms with Crippen LogP contribution in [0.2, 0.25) is 0 Å². The van der Waals surface area contributed by atoms with Crippen LogP contribution in [0.5, 0.6) is 5.75 Å². The van der Waals surface area contributed by atoms with Crippen molar-refractivity contribution in [3.05, 3.63) is 29.8 Å². The highest BCUT2D eigenvalue weighted by molar-refractivity contribution is 5.95. The van der Waals surface area contributed by atoms with Crippen LogP contribution in [0.3, 0.4) is 0 Å². The van der Waals surface area contributed by atoms with Crippen molar-refractivity contribution in [1.82, 2.24) is 16.0 Å². The summed E-state index contributed by atoms with van der Waals surface area (Å²) in [6.07, 6.45) is -0.449. The minimum Gasteiger partial charge on any atom is -0.508 e. The van der Waals surface area contributed by atoms with Gasteiger partial charge >= 0.3 is 11.9 Å². The Labute approximate surface area is 225 Å². The van der Waals surface area contributed by atoms with Crippen LogP contribution in [0.25, 0.3) is 0 Å². The number of carbonyl (C=O) groups excluding carboxylic acids is 3. The maximum atomic E-state index is 13.1. The fourth-order valence-corrected chi connectivity index (χ4v) is 3.43. The lowest BCUT2D eigenvalue weighted by Gasteiger charge is -2.25. The first-order chi connectivity index (χ1) is 18.2. The van der Waals surface area contributed by atoms with Crippen LogP contribution >= 0.6 is 0 Å². The zero-order chi connectivity index (χ0) is 29.7. The molecule has 0 radical (unpaired) electrons. The predicted molar refractivity (Wildman–Crippen MR) is 140 cm³/mol. The molecule has 216 valence electrons. The largest absolute Gasteiger partial charge is 0.508 e. The van der Waals surface area contributed by atoms with Crippen LogP contribution in [0.1, 0.15) is 38.7 Å².